The van der Waals surface area contributed by atoms with Gasteiger partial charge in [0.1, 0.15) is 4.47 Å². The zero-order valence-electron chi connectivity index (χ0n) is 10.1. The van der Waals surface area contributed by atoms with E-state index in [-0.39, 0.29) is 16.9 Å². The number of ether oxygens (including phenoxy) is 1. The van der Waals surface area contributed by atoms with Crippen LogP contribution in [0.1, 0.15) is 32.7 Å². The van der Waals surface area contributed by atoms with E-state index in [0.29, 0.717) is 6.42 Å². The van der Waals surface area contributed by atoms with E-state index in [1.807, 2.05) is 6.92 Å². The summed E-state index contributed by atoms with van der Waals surface area (Å²) in [6.07, 6.45) is 2.69. The number of carbonyl (C=O) groups is 1. The van der Waals surface area contributed by atoms with Crippen LogP contribution in [-0.4, -0.2) is 27.3 Å². The number of halogens is 1. The number of carbonyl (C=O) groups excluding carboxylic acids is 1. The molecule has 0 fully saturated rings. The Hall–Kier alpha value is -1.44. The standard InChI is InChI=1S/C10H14BrN3O4/c1-3-5-8(10(15)18-4-2)13-6-7(11)9(12-13)14(16)17/h6,8H,3-5H2,1-2H3. The maximum absolute atomic E-state index is 11.8. The Morgan fingerprint density at radius 1 is 1.67 bits per heavy atom. The van der Waals surface area contributed by atoms with Crippen LogP contribution in [0, 0.1) is 10.1 Å². The van der Waals surface area contributed by atoms with Gasteiger partial charge in [0.2, 0.25) is 0 Å². The molecule has 1 aromatic rings. The van der Waals surface area contributed by atoms with E-state index >= 15 is 0 Å². The van der Waals surface area contributed by atoms with Gasteiger partial charge < -0.3 is 14.9 Å². The molecule has 0 aliphatic carbocycles. The maximum Gasteiger partial charge on any atom is 0.404 e. The fourth-order valence-corrected chi connectivity index (χ4v) is 1.95. The van der Waals surface area contributed by atoms with Gasteiger partial charge in [0.15, 0.2) is 6.04 Å². The van der Waals surface area contributed by atoms with E-state index in [4.69, 9.17) is 4.74 Å². The molecule has 0 spiro atoms. The molecule has 0 aliphatic heterocycles. The molecule has 1 rings (SSSR count). The zero-order valence-corrected chi connectivity index (χ0v) is 11.7. The van der Waals surface area contributed by atoms with E-state index in [1.165, 1.54) is 10.9 Å². The highest BCUT2D eigenvalue weighted by molar-refractivity contribution is 9.10. The van der Waals surface area contributed by atoms with Crippen molar-refractivity contribution in [2.24, 2.45) is 0 Å². The molecule has 0 saturated carbocycles. The van der Waals surface area contributed by atoms with E-state index < -0.39 is 16.9 Å². The van der Waals surface area contributed by atoms with Crippen LogP contribution in [-0.2, 0) is 9.53 Å². The minimum atomic E-state index is -0.625. The van der Waals surface area contributed by atoms with Gasteiger partial charge >= 0.3 is 11.8 Å². The molecule has 7 nitrogen and oxygen atoms in total. The predicted molar refractivity (Wildman–Crippen MR) is 67.2 cm³/mol. The van der Waals surface area contributed by atoms with Crippen LogP contribution < -0.4 is 0 Å². The van der Waals surface area contributed by atoms with Gasteiger partial charge in [-0.25, -0.2) is 4.79 Å². The SMILES string of the molecule is CCCC(C(=O)OCC)n1cc(Br)c([N+](=O)[O-])n1. The van der Waals surface area contributed by atoms with Gasteiger partial charge in [-0.15, -0.1) is 0 Å². The van der Waals surface area contributed by atoms with E-state index in [0.717, 1.165) is 6.42 Å². The monoisotopic (exact) mass is 319 g/mol. The van der Waals surface area contributed by atoms with Gasteiger partial charge in [0, 0.05) is 0 Å². The predicted octanol–water partition coefficient (Wildman–Crippen LogP) is 2.46. The van der Waals surface area contributed by atoms with Crippen molar-refractivity contribution in [2.75, 3.05) is 6.61 Å². The molecule has 1 heterocycles. The van der Waals surface area contributed by atoms with Gasteiger partial charge in [-0.05, 0) is 34.2 Å². The minimum absolute atomic E-state index is 0.248. The second-order valence-electron chi connectivity index (χ2n) is 3.59. The Bertz CT molecular complexity index is 446. The van der Waals surface area contributed by atoms with Crippen molar-refractivity contribution >= 4 is 27.7 Å². The number of hydrogen-bond donors (Lipinski definition) is 0. The molecular formula is C10H14BrN3O4. The molecule has 1 atom stereocenters. The highest BCUT2D eigenvalue weighted by atomic mass is 79.9. The van der Waals surface area contributed by atoms with Gasteiger partial charge in [0.05, 0.1) is 17.9 Å². The molecule has 0 radical (unpaired) electrons. The first-order chi connectivity index (χ1) is 8.51. The third kappa shape index (κ3) is 3.28. The quantitative estimate of drug-likeness (QED) is 0.456. The Morgan fingerprint density at radius 2 is 2.33 bits per heavy atom. The highest BCUT2D eigenvalue weighted by Crippen LogP contribution is 2.26. The molecule has 0 amide bonds. The molecule has 0 aliphatic rings. The first-order valence-electron chi connectivity index (χ1n) is 5.56. The lowest BCUT2D eigenvalue weighted by Crippen LogP contribution is -2.22. The summed E-state index contributed by atoms with van der Waals surface area (Å²) in [7, 11) is 0. The molecule has 100 valence electrons. The summed E-state index contributed by atoms with van der Waals surface area (Å²) in [5, 5.41) is 14.5. The second-order valence-corrected chi connectivity index (χ2v) is 4.45. The van der Waals surface area contributed by atoms with Crippen molar-refractivity contribution < 1.29 is 14.5 Å². The van der Waals surface area contributed by atoms with Crippen molar-refractivity contribution in [2.45, 2.75) is 32.7 Å². The summed E-state index contributed by atoms with van der Waals surface area (Å²) in [6.45, 7) is 3.89. The third-order valence-electron chi connectivity index (χ3n) is 2.28. The van der Waals surface area contributed by atoms with Crippen LogP contribution in [0.2, 0.25) is 0 Å². The molecule has 0 N–H and O–H groups in total. The number of nitro groups is 1. The van der Waals surface area contributed by atoms with Gasteiger partial charge in [0.25, 0.3) is 0 Å². The van der Waals surface area contributed by atoms with Gasteiger partial charge in [-0.3, -0.25) is 0 Å². The molecule has 1 aromatic heterocycles. The summed E-state index contributed by atoms with van der Waals surface area (Å²) in [6, 6.07) is -0.625. The summed E-state index contributed by atoms with van der Waals surface area (Å²) in [4.78, 5) is 21.8. The molecular weight excluding hydrogens is 306 g/mol. The van der Waals surface area contributed by atoms with Crippen LogP contribution >= 0.6 is 15.9 Å². The van der Waals surface area contributed by atoms with Crippen LogP contribution in [0.3, 0.4) is 0 Å². The van der Waals surface area contributed by atoms with Gasteiger partial charge in [-0.1, -0.05) is 13.3 Å². The third-order valence-corrected chi connectivity index (χ3v) is 2.84. The highest BCUT2D eigenvalue weighted by Gasteiger charge is 2.28. The van der Waals surface area contributed by atoms with Crippen molar-refractivity contribution in [1.82, 2.24) is 9.78 Å². The first-order valence-corrected chi connectivity index (χ1v) is 6.36. The summed E-state index contributed by atoms with van der Waals surface area (Å²) in [5.41, 5.74) is 0. The van der Waals surface area contributed by atoms with Crippen molar-refractivity contribution in [3.05, 3.63) is 20.8 Å². The normalized spacial score (nSPS) is 12.2. The lowest BCUT2D eigenvalue weighted by molar-refractivity contribution is -0.390. The maximum atomic E-state index is 11.8. The number of rotatable bonds is 6. The largest absolute Gasteiger partial charge is 0.464 e. The molecule has 0 saturated heterocycles. The molecule has 0 bridgehead atoms. The van der Waals surface area contributed by atoms with Crippen molar-refractivity contribution in [3.63, 3.8) is 0 Å². The van der Waals surface area contributed by atoms with Crippen molar-refractivity contribution in [3.8, 4) is 0 Å². The molecule has 0 aromatic carbocycles. The number of hydrogen-bond acceptors (Lipinski definition) is 5. The topological polar surface area (TPSA) is 87.3 Å². The van der Waals surface area contributed by atoms with Gasteiger partial charge in [-0.2, -0.15) is 4.68 Å². The average Bonchev–Trinajstić information content (AvgIpc) is 2.68. The lowest BCUT2D eigenvalue weighted by Gasteiger charge is -2.11. The minimum Gasteiger partial charge on any atom is -0.464 e. The molecule has 1 unspecified atom stereocenters. The molecule has 8 heteroatoms. The average molecular weight is 320 g/mol. The fraction of sp³-hybridized carbons (Fsp3) is 0.600. The van der Waals surface area contributed by atoms with E-state index in [1.54, 1.807) is 6.92 Å². The number of nitrogens with zero attached hydrogens (tertiary/aromatic N) is 3. The zero-order chi connectivity index (χ0) is 13.7. The Balaban J connectivity index is 3.02. The number of aromatic nitrogens is 2. The summed E-state index contributed by atoms with van der Waals surface area (Å²) < 4.78 is 6.47. The Morgan fingerprint density at radius 3 is 2.78 bits per heavy atom. The second kappa shape index (κ2) is 6.48. The lowest BCUT2D eigenvalue weighted by atomic mass is 10.2. The smallest absolute Gasteiger partial charge is 0.404 e. The first kappa shape index (κ1) is 14.6. The fourth-order valence-electron chi connectivity index (χ4n) is 1.51. The van der Waals surface area contributed by atoms with E-state index in [9.17, 15) is 14.9 Å². The Kier molecular flexibility index (Phi) is 5.26. The van der Waals surface area contributed by atoms with Crippen LogP contribution in [0.25, 0.3) is 0 Å². The summed E-state index contributed by atoms with van der Waals surface area (Å²) in [5.74, 6) is -0.732. The van der Waals surface area contributed by atoms with E-state index in [2.05, 4.69) is 21.0 Å². The van der Waals surface area contributed by atoms with Crippen LogP contribution in [0.15, 0.2) is 10.7 Å². The van der Waals surface area contributed by atoms with Crippen LogP contribution in [0.4, 0.5) is 5.82 Å². The number of esters is 1. The van der Waals surface area contributed by atoms with Crippen molar-refractivity contribution in [1.29, 1.82) is 0 Å². The molecule has 18 heavy (non-hydrogen) atoms. The summed E-state index contributed by atoms with van der Waals surface area (Å²) >= 11 is 3.05. The Labute approximate surface area is 112 Å². The van der Waals surface area contributed by atoms with Crippen LogP contribution in [0.5, 0.6) is 0 Å².